The fourth-order valence-corrected chi connectivity index (χ4v) is 3.32. The maximum atomic E-state index is 12.8. The zero-order valence-corrected chi connectivity index (χ0v) is 12.7. The fraction of sp³-hybridized carbons (Fsp3) is 0.176. The van der Waals surface area contributed by atoms with Crippen molar-refractivity contribution in [3.63, 3.8) is 0 Å². The van der Waals surface area contributed by atoms with E-state index < -0.39 is 11.6 Å². The summed E-state index contributed by atoms with van der Waals surface area (Å²) in [7, 11) is 0. The van der Waals surface area contributed by atoms with Gasteiger partial charge in [-0.3, -0.25) is 19.9 Å². The number of carbonyl (C=O) groups is 3. The molecule has 4 rings (SSSR count). The molecule has 1 spiro atoms. The lowest BCUT2D eigenvalue weighted by atomic mass is 9.82. The van der Waals surface area contributed by atoms with Gasteiger partial charge in [-0.2, -0.15) is 0 Å². The Hall–Kier alpha value is -3.22. The minimum atomic E-state index is -1.11. The summed E-state index contributed by atoms with van der Waals surface area (Å²) in [5.41, 5.74) is 0.670. The smallest absolute Gasteiger partial charge is 0.319 e. The van der Waals surface area contributed by atoms with Crippen molar-refractivity contribution in [2.24, 2.45) is 0 Å². The van der Waals surface area contributed by atoms with Gasteiger partial charge in [0.1, 0.15) is 5.54 Å². The van der Waals surface area contributed by atoms with Crippen molar-refractivity contribution in [3.05, 3.63) is 59.9 Å². The molecule has 1 atom stereocenters. The largest absolute Gasteiger partial charge is 0.322 e. The maximum absolute atomic E-state index is 12.8. The topological polar surface area (TPSA) is 91.4 Å². The van der Waals surface area contributed by atoms with Gasteiger partial charge in [-0.1, -0.05) is 18.2 Å². The van der Waals surface area contributed by atoms with Gasteiger partial charge < -0.3 is 10.2 Å². The first kappa shape index (κ1) is 14.4. The lowest BCUT2D eigenvalue weighted by Gasteiger charge is -2.38. The summed E-state index contributed by atoms with van der Waals surface area (Å²) in [5, 5.41) is 5.02. The molecule has 1 aromatic carbocycles. The third kappa shape index (κ3) is 1.98. The van der Waals surface area contributed by atoms with E-state index in [-0.39, 0.29) is 11.8 Å². The van der Waals surface area contributed by atoms with Crippen LogP contribution in [-0.2, 0) is 10.3 Å². The molecule has 1 saturated heterocycles. The van der Waals surface area contributed by atoms with Gasteiger partial charge in [0, 0.05) is 36.5 Å². The quantitative estimate of drug-likeness (QED) is 0.771. The van der Waals surface area contributed by atoms with E-state index in [1.807, 2.05) is 0 Å². The normalized spacial score (nSPS) is 22.1. The molecular weight excluding hydrogens is 308 g/mol. The standard InChI is InChI=1S/C17H14N4O3/c22-14(11-5-8-18-9-6-11)21-10-7-17(15(23)19-16(24)20-17)12-3-1-2-4-13(12)21/h1-6,8-9H,7,10H2,(H2,19,20,23,24). The highest BCUT2D eigenvalue weighted by molar-refractivity contribution is 6.11. The van der Waals surface area contributed by atoms with Crippen molar-refractivity contribution in [2.75, 3.05) is 11.4 Å². The summed E-state index contributed by atoms with van der Waals surface area (Å²) >= 11 is 0. The number of rotatable bonds is 1. The number of aromatic nitrogens is 1. The van der Waals surface area contributed by atoms with Crippen LogP contribution in [0.2, 0.25) is 0 Å². The number of fused-ring (bicyclic) bond motifs is 2. The highest BCUT2D eigenvalue weighted by Crippen LogP contribution is 2.40. The zero-order valence-electron chi connectivity index (χ0n) is 12.7. The number of carbonyl (C=O) groups excluding carboxylic acids is 3. The molecule has 1 aromatic heterocycles. The maximum Gasteiger partial charge on any atom is 0.322 e. The zero-order chi connectivity index (χ0) is 16.7. The molecule has 0 saturated carbocycles. The summed E-state index contributed by atoms with van der Waals surface area (Å²) in [4.78, 5) is 42.4. The number of para-hydroxylation sites is 1. The van der Waals surface area contributed by atoms with Crippen molar-refractivity contribution < 1.29 is 14.4 Å². The molecule has 1 unspecified atom stereocenters. The highest BCUT2D eigenvalue weighted by atomic mass is 16.2. The lowest BCUT2D eigenvalue weighted by Crippen LogP contribution is -2.52. The van der Waals surface area contributed by atoms with Gasteiger partial charge in [0.15, 0.2) is 0 Å². The van der Waals surface area contributed by atoms with E-state index in [9.17, 15) is 14.4 Å². The predicted octanol–water partition coefficient (Wildman–Crippen LogP) is 1.17. The Labute approximate surface area is 137 Å². The summed E-state index contributed by atoms with van der Waals surface area (Å²) in [6.07, 6.45) is 3.45. The van der Waals surface area contributed by atoms with E-state index in [4.69, 9.17) is 0 Å². The molecule has 2 N–H and O–H groups in total. The minimum absolute atomic E-state index is 0.163. The van der Waals surface area contributed by atoms with Gasteiger partial charge in [-0.25, -0.2) is 4.79 Å². The number of hydrogen-bond acceptors (Lipinski definition) is 4. The second kappa shape index (κ2) is 5.16. The second-order valence-electron chi connectivity index (χ2n) is 5.77. The Bertz CT molecular complexity index is 852. The van der Waals surface area contributed by atoms with E-state index in [1.165, 1.54) is 0 Å². The first-order valence-electron chi connectivity index (χ1n) is 7.57. The van der Waals surface area contributed by atoms with Gasteiger partial charge >= 0.3 is 6.03 Å². The number of benzene rings is 1. The van der Waals surface area contributed by atoms with E-state index in [2.05, 4.69) is 15.6 Å². The SMILES string of the molecule is O=C1NC(=O)C2(CCN(C(=O)c3ccncc3)c3ccccc32)N1. The molecule has 4 amide bonds. The molecule has 2 aliphatic rings. The van der Waals surface area contributed by atoms with Crippen LogP contribution < -0.4 is 15.5 Å². The molecule has 3 heterocycles. The van der Waals surface area contributed by atoms with Gasteiger partial charge in [0.05, 0.1) is 5.69 Å². The average molecular weight is 322 g/mol. The van der Waals surface area contributed by atoms with Crippen LogP contribution in [0.3, 0.4) is 0 Å². The van der Waals surface area contributed by atoms with Gasteiger partial charge in [0.2, 0.25) is 0 Å². The lowest BCUT2D eigenvalue weighted by molar-refractivity contribution is -0.124. The molecule has 0 bridgehead atoms. The number of imide groups is 1. The summed E-state index contributed by atoms with van der Waals surface area (Å²) in [6.45, 7) is 0.325. The van der Waals surface area contributed by atoms with Gasteiger partial charge in [-0.05, 0) is 18.2 Å². The number of urea groups is 1. The number of hydrogen-bond donors (Lipinski definition) is 2. The monoisotopic (exact) mass is 322 g/mol. The van der Waals surface area contributed by atoms with Gasteiger partial charge in [-0.15, -0.1) is 0 Å². The van der Waals surface area contributed by atoms with E-state index in [0.29, 0.717) is 29.8 Å². The van der Waals surface area contributed by atoms with E-state index in [0.717, 1.165) is 0 Å². The summed E-state index contributed by atoms with van der Waals surface area (Å²) in [6, 6.07) is 9.94. The average Bonchev–Trinajstić information content (AvgIpc) is 2.90. The fourth-order valence-electron chi connectivity index (χ4n) is 3.32. The highest BCUT2D eigenvalue weighted by Gasteiger charge is 2.51. The Kier molecular flexibility index (Phi) is 3.09. The number of anilines is 1. The predicted molar refractivity (Wildman–Crippen MR) is 85.3 cm³/mol. The van der Waals surface area contributed by atoms with Crippen LogP contribution in [0.1, 0.15) is 22.3 Å². The van der Waals surface area contributed by atoms with E-state index >= 15 is 0 Å². The van der Waals surface area contributed by atoms with Crippen molar-refractivity contribution in [1.82, 2.24) is 15.6 Å². The third-order valence-corrected chi connectivity index (χ3v) is 4.48. The van der Waals surface area contributed by atoms with Crippen molar-refractivity contribution in [2.45, 2.75) is 12.0 Å². The molecule has 120 valence electrons. The molecule has 2 aliphatic heterocycles. The molecule has 0 aliphatic carbocycles. The van der Waals surface area contributed by atoms with Crippen LogP contribution in [-0.4, -0.2) is 29.4 Å². The first-order chi connectivity index (χ1) is 11.6. The Morgan fingerprint density at radius 3 is 2.58 bits per heavy atom. The van der Waals surface area contributed by atoms with Crippen LogP contribution in [0, 0.1) is 0 Å². The van der Waals surface area contributed by atoms with Gasteiger partial charge in [0.25, 0.3) is 11.8 Å². The number of pyridine rings is 1. The molecular formula is C17H14N4O3. The van der Waals surface area contributed by atoms with Crippen LogP contribution in [0.25, 0.3) is 0 Å². The number of amides is 4. The van der Waals surface area contributed by atoms with Crippen LogP contribution >= 0.6 is 0 Å². The number of nitrogens with zero attached hydrogens (tertiary/aromatic N) is 2. The molecule has 7 nitrogen and oxygen atoms in total. The summed E-state index contributed by atoms with van der Waals surface area (Å²) in [5.74, 6) is -0.541. The van der Waals surface area contributed by atoms with Crippen LogP contribution in [0.5, 0.6) is 0 Å². The Balaban J connectivity index is 1.79. The Morgan fingerprint density at radius 1 is 1.12 bits per heavy atom. The molecule has 0 radical (unpaired) electrons. The molecule has 7 heteroatoms. The molecule has 24 heavy (non-hydrogen) atoms. The summed E-state index contributed by atoms with van der Waals surface area (Å²) < 4.78 is 0. The van der Waals surface area contributed by atoms with Crippen molar-refractivity contribution in [3.8, 4) is 0 Å². The first-order valence-corrected chi connectivity index (χ1v) is 7.57. The Morgan fingerprint density at radius 2 is 1.88 bits per heavy atom. The van der Waals surface area contributed by atoms with E-state index in [1.54, 1.807) is 53.7 Å². The van der Waals surface area contributed by atoms with Crippen LogP contribution in [0.4, 0.5) is 10.5 Å². The third-order valence-electron chi connectivity index (χ3n) is 4.48. The second-order valence-corrected chi connectivity index (χ2v) is 5.77. The van der Waals surface area contributed by atoms with Crippen molar-refractivity contribution in [1.29, 1.82) is 0 Å². The number of nitrogens with one attached hydrogen (secondary N) is 2. The minimum Gasteiger partial charge on any atom is -0.319 e. The molecule has 2 aromatic rings. The van der Waals surface area contributed by atoms with Crippen LogP contribution in [0.15, 0.2) is 48.8 Å². The van der Waals surface area contributed by atoms with Crippen molar-refractivity contribution >= 4 is 23.5 Å². The molecule has 1 fully saturated rings.